The molecule has 0 bridgehead atoms. The topological polar surface area (TPSA) is 105 Å². The van der Waals surface area contributed by atoms with Crippen molar-refractivity contribution in [1.82, 2.24) is 14.7 Å². The van der Waals surface area contributed by atoms with E-state index >= 15 is 0 Å². The zero-order valence-corrected chi connectivity index (χ0v) is 12.3. The molecule has 1 rings (SSSR count). The fourth-order valence-electron chi connectivity index (χ4n) is 2.04. The zero-order chi connectivity index (χ0) is 15.4. The van der Waals surface area contributed by atoms with Crippen LogP contribution in [-0.2, 0) is 11.8 Å². The predicted octanol–water partition coefficient (Wildman–Crippen LogP) is -0.720. The number of nitrogens with two attached hydrogens (primary N) is 1. The highest BCUT2D eigenvalue weighted by atomic mass is 16.4. The van der Waals surface area contributed by atoms with Crippen LogP contribution >= 0.6 is 0 Å². The van der Waals surface area contributed by atoms with Crippen LogP contribution < -0.4 is 10.6 Å². The van der Waals surface area contributed by atoms with Crippen LogP contribution in [0.5, 0.6) is 0 Å². The van der Waals surface area contributed by atoms with Crippen molar-refractivity contribution in [2.24, 2.45) is 12.8 Å². The van der Waals surface area contributed by atoms with E-state index in [4.69, 9.17) is 10.8 Å². The number of primary amides is 1. The highest BCUT2D eigenvalue weighted by molar-refractivity contribution is 5.99. The maximum absolute atomic E-state index is 11.6. The molecule has 0 fully saturated rings. The Labute approximate surface area is 117 Å². The molecule has 0 spiro atoms. The first kappa shape index (κ1) is 16.0. The van der Waals surface area contributed by atoms with Crippen molar-refractivity contribution in [2.45, 2.75) is 6.92 Å². The summed E-state index contributed by atoms with van der Waals surface area (Å²) in [5, 5.41) is 13.2. The molecule has 0 aliphatic heterocycles. The number of aliphatic carboxylic acids is 1. The van der Waals surface area contributed by atoms with Gasteiger partial charge in [-0.3, -0.25) is 14.3 Å². The average Bonchev–Trinajstić information content (AvgIpc) is 2.58. The molecule has 1 aromatic rings. The number of aryl methyl sites for hydroxylation is 2. The molecule has 0 aromatic carbocycles. The highest BCUT2D eigenvalue weighted by Gasteiger charge is 2.24. The number of rotatable bonds is 7. The van der Waals surface area contributed by atoms with E-state index in [9.17, 15) is 9.59 Å². The van der Waals surface area contributed by atoms with Gasteiger partial charge in [-0.1, -0.05) is 0 Å². The molecule has 8 heteroatoms. The Balaban J connectivity index is 3.18. The lowest BCUT2D eigenvalue weighted by Gasteiger charge is -2.25. The average molecular weight is 283 g/mol. The molecule has 1 heterocycles. The summed E-state index contributed by atoms with van der Waals surface area (Å²) in [6.45, 7) is 2.57. The highest BCUT2D eigenvalue weighted by Crippen LogP contribution is 2.22. The number of hydrogen-bond donors (Lipinski definition) is 2. The Kier molecular flexibility index (Phi) is 5.09. The van der Waals surface area contributed by atoms with E-state index in [0.29, 0.717) is 24.6 Å². The summed E-state index contributed by atoms with van der Waals surface area (Å²) in [6, 6.07) is 0. The van der Waals surface area contributed by atoms with Crippen molar-refractivity contribution in [3.05, 3.63) is 11.3 Å². The number of carbonyl (C=O) groups is 2. The molecule has 3 N–H and O–H groups in total. The van der Waals surface area contributed by atoms with E-state index in [0.717, 1.165) is 0 Å². The summed E-state index contributed by atoms with van der Waals surface area (Å²) in [4.78, 5) is 26.1. The lowest BCUT2D eigenvalue weighted by atomic mass is 10.2. The lowest BCUT2D eigenvalue weighted by Crippen LogP contribution is -2.38. The van der Waals surface area contributed by atoms with Crippen LogP contribution in [0.3, 0.4) is 0 Å². The number of carboxylic acids is 1. The number of aromatic nitrogens is 2. The van der Waals surface area contributed by atoms with Crippen molar-refractivity contribution in [2.75, 3.05) is 38.6 Å². The Morgan fingerprint density at radius 3 is 2.40 bits per heavy atom. The van der Waals surface area contributed by atoms with Gasteiger partial charge in [0.2, 0.25) is 0 Å². The molecule has 0 atom stereocenters. The predicted molar refractivity (Wildman–Crippen MR) is 74.9 cm³/mol. The van der Waals surface area contributed by atoms with Gasteiger partial charge in [0.05, 0.1) is 5.69 Å². The van der Waals surface area contributed by atoms with Gasteiger partial charge < -0.3 is 20.6 Å². The molecule has 0 radical (unpaired) electrons. The van der Waals surface area contributed by atoms with Gasteiger partial charge in [0, 0.05) is 20.1 Å². The van der Waals surface area contributed by atoms with Crippen molar-refractivity contribution in [3.8, 4) is 0 Å². The van der Waals surface area contributed by atoms with Crippen LogP contribution in [0.15, 0.2) is 0 Å². The third-order valence-corrected chi connectivity index (χ3v) is 2.88. The van der Waals surface area contributed by atoms with E-state index < -0.39 is 11.9 Å². The van der Waals surface area contributed by atoms with Crippen molar-refractivity contribution >= 4 is 17.7 Å². The fraction of sp³-hybridized carbons (Fsp3) is 0.583. The van der Waals surface area contributed by atoms with Gasteiger partial charge in [-0.25, -0.2) is 0 Å². The normalized spacial score (nSPS) is 10.8. The molecule has 0 unspecified atom stereocenters. The SMILES string of the molecule is Cc1nn(C)c(N(CCN(C)C)CC(=O)O)c1C(N)=O. The lowest BCUT2D eigenvalue weighted by molar-refractivity contribution is -0.135. The van der Waals surface area contributed by atoms with Crippen LogP contribution in [0.2, 0.25) is 0 Å². The summed E-state index contributed by atoms with van der Waals surface area (Å²) < 4.78 is 1.49. The Bertz CT molecular complexity index is 509. The smallest absolute Gasteiger partial charge is 0.323 e. The molecule has 1 aromatic heterocycles. The molecule has 20 heavy (non-hydrogen) atoms. The quantitative estimate of drug-likeness (QED) is 0.684. The molecule has 0 saturated carbocycles. The van der Waals surface area contributed by atoms with E-state index in [-0.39, 0.29) is 12.1 Å². The molecule has 8 nitrogen and oxygen atoms in total. The van der Waals surface area contributed by atoms with Crippen LogP contribution in [0, 0.1) is 6.92 Å². The van der Waals surface area contributed by atoms with Crippen molar-refractivity contribution in [3.63, 3.8) is 0 Å². The third-order valence-electron chi connectivity index (χ3n) is 2.88. The first-order valence-electron chi connectivity index (χ1n) is 6.19. The Morgan fingerprint density at radius 1 is 1.35 bits per heavy atom. The number of nitrogens with zero attached hydrogens (tertiary/aromatic N) is 4. The number of carbonyl (C=O) groups excluding carboxylic acids is 1. The van der Waals surface area contributed by atoms with Gasteiger partial charge in [0.15, 0.2) is 0 Å². The van der Waals surface area contributed by atoms with Gasteiger partial charge in [-0.2, -0.15) is 5.10 Å². The van der Waals surface area contributed by atoms with Crippen LogP contribution in [0.25, 0.3) is 0 Å². The van der Waals surface area contributed by atoms with E-state index in [1.54, 1.807) is 18.9 Å². The first-order chi connectivity index (χ1) is 9.23. The monoisotopic (exact) mass is 283 g/mol. The van der Waals surface area contributed by atoms with Crippen molar-refractivity contribution in [1.29, 1.82) is 0 Å². The Morgan fingerprint density at radius 2 is 1.95 bits per heavy atom. The molecular weight excluding hydrogens is 262 g/mol. The van der Waals surface area contributed by atoms with Crippen LogP contribution in [-0.4, -0.2) is 65.4 Å². The van der Waals surface area contributed by atoms with E-state index in [1.807, 2.05) is 19.0 Å². The second kappa shape index (κ2) is 6.38. The fourth-order valence-corrected chi connectivity index (χ4v) is 2.04. The number of hydrogen-bond acceptors (Lipinski definition) is 5. The second-order valence-electron chi connectivity index (χ2n) is 4.89. The van der Waals surface area contributed by atoms with E-state index in [2.05, 4.69) is 5.10 Å². The van der Waals surface area contributed by atoms with Gasteiger partial charge in [0.1, 0.15) is 17.9 Å². The minimum atomic E-state index is -0.974. The summed E-state index contributed by atoms with van der Waals surface area (Å²) in [5.41, 5.74) is 6.14. The van der Waals surface area contributed by atoms with Crippen LogP contribution in [0.1, 0.15) is 16.1 Å². The number of anilines is 1. The minimum Gasteiger partial charge on any atom is -0.480 e. The standard InChI is InChI=1S/C12H21N5O3/c1-8-10(11(13)20)12(16(4)14-8)17(7-9(18)19)6-5-15(2)3/h5-7H2,1-4H3,(H2,13,20)(H,18,19). The summed E-state index contributed by atoms with van der Waals surface area (Å²) in [5.74, 6) is -1.14. The zero-order valence-electron chi connectivity index (χ0n) is 12.3. The second-order valence-corrected chi connectivity index (χ2v) is 4.89. The molecule has 0 saturated heterocycles. The maximum atomic E-state index is 11.6. The summed E-state index contributed by atoms with van der Waals surface area (Å²) in [7, 11) is 5.45. The minimum absolute atomic E-state index is 0.215. The summed E-state index contributed by atoms with van der Waals surface area (Å²) in [6.07, 6.45) is 0. The molecule has 0 aliphatic carbocycles. The van der Waals surface area contributed by atoms with E-state index in [1.165, 1.54) is 4.68 Å². The number of amides is 1. The van der Waals surface area contributed by atoms with Gasteiger partial charge in [-0.15, -0.1) is 0 Å². The third kappa shape index (κ3) is 3.70. The number of carboxylic acid groups (broad SMARTS) is 1. The molecular formula is C12H21N5O3. The van der Waals surface area contributed by atoms with Gasteiger partial charge in [-0.05, 0) is 21.0 Å². The van der Waals surface area contributed by atoms with Gasteiger partial charge in [0.25, 0.3) is 5.91 Å². The van der Waals surface area contributed by atoms with Gasteiger partial charge >= 0.3 is 5.97 Å². The molecule has 0 aliphatic rings. The molecule has 112 valence electrons. The molecule has 1 amide bonds. The number of likely N-dealkylation sites (N-methyl/N-ethyl adjacent to an activating group) is 1. The summed E-state index contributed by atoms with van der Waals surface area (Å²) >= 11 is 0. The Hall–Kier alpha value is -2.09. The largest absolute Gasteiger partial charge is 0.480 e. The van der Waals surface area contributed by atoms with Crippen molar-refractivity contribution < 1.29 is 14.7 Å². The van der Waals surface area contributed by atoms with Crippen LogP contribution in [0.4, 0.5) is 5.82 Å². The maximum Gasteiger partial charge on any atom is 0.323 e. The first-order valence-corrected chi connectivity index (χ1v) is 6.19.